The van der Waals surface area contributed by atoms with E-state index in [-0.39, 0.29) is 0 Å². The molecule has 0 unspecified atom stereocenters. The van der Waals surface area contributed by atoms with E-state index in [1.54, 1.807) is 7.11 Å². The van der Waals surface area contributed by atoms with Crippen LogP contribution in [0.2, 0.25) is 0 Å². The van der Waals surface area contributed by atoms with Crippen molar-refractivity contribution in [3.8, 4) is 17.1 Å². The number of rotatable bonds is 7. The number of hydrogen-bond acceptors (Lipinski definition) is 9. The number of nitrogens with one attached hydrogen (secondary N) is 2. The van der Waals surface area contributed by atoms with Gasteiger partial charge in [0.25, 0.3) is 5.91 Å². The number of aliphatic hydroxyl groups excluding tert-OH is 2. The lowest BCUT2D eigenvalue weighted by Crippen LogP contribution is -2.41. The van der Waals surface area contributed by atoms with Gasteiger partial charge in [0.05, 0.1) is 13.4 Å². The Bertz CT molecular complexity index is 1380. The molecule has 4 atom stereocenters. The quantitative estimate of drug-likeness (QED) is 0.303. The predicted octanol–water partition coefficient (Wildman–Crippen LogP) is 1.48. The summed E-state index contributed by atoms with van der Waals surface area (Å²) in [7, 11) is 3.02. The summed E-state index contributed by atoms with van der Waals surface area (Å²) in [6.07, 6.45) is -3.65. The second kappa shape index (κ2) is 9.90. The molecule has 11 heteroatoms. The van der Waals surface area contributed by atoms with Crippen molar-refractivity contribution < 1.29 is 24.5 Å². The number of aromatic nitrogens is 4. The van der Waals surface area contributed by atoms with Crippen LogP contribution >= 0.6 is 0 Å². The molecule has 5 rings (SSSR count). The maximum atomic E-state index is 12.1. The van der Waals surface area contributed by atoms with E-state index in [2.05, 4.69) is 15.6 Å². The summed E-state index contributed by atoms with van der Waals surface area (Å²) in [6, 6.07) is 17.2. The smallest absolute Gasteiger partial charge is 0.251 e. The van der Waals surface area contributed by atoms with Gasteiger partial charge >= 0.3 is 0 Å². The number of carbonyl (C=O) groups is 1. The van der Waals surface area contributed by atoms with Crippen molar-refractivity contribution in [2.45, 2.75) is 31.1 Å². The Balaban J connectivity index is 1.59. The van der Waals surface area contributed by atoms with Crippen LogP contribution in [0.25, 0.3) is 22.6 Å². The molecule has 11 nitrogen and oxygen atoms in total. The number of aliphatic hydroxyl groups is 2. The molecule has 1 saturated heterocycles. The van der Waals surface area contributed by atoms with Crippen LogP contribution in [0, 0.1) is 0 Å². The third kappa shape index (κ3) is 4.35. The molecule has 0 aliphatic carbocycles. The fourth-order valence-electron chi connectivity index (χ4n) is 4.15. The molecule has 0 bridgehead atoms. The maximum absolute atomic E-state index is 12.1. The van der Waals surface area contributed by atoms with Gasteiger partial charge in [0.15, 0.2) is 35.1 Å². The lowest BCUT2D eigenvalue weighted by molar-refractivity contribution is -0.137. The van der Waals surface area contributed by atoms with Crippen molar-refractivity contribution in [3.05, 3.63) is 66.5 Å². The summed E-state index contributed by atoms with van der Waals surface area (Å²) in [5, 5.41) is 26.9. The molecular weight excluding hydrogens is 464 g/mol. The van der Waals surface area contributed by atoms with E-state index in [0.29, 0.717) is 40.7 Å². The van der Waals surface area contributed by atoms with Gasteiger partial charge in [-0.05, 0) is 17.7 Å². The van der Waals surface area contributed by atoms with Crippen LogP contribution in [0.15, 0.2) is 60.9 Å². The van der Waals surface area contributed by atoms with E-state index in [0.717, 1.165) is 5.56 Å². The van der Waals surface area contributed by atoms with E-state index in [1.807, 2.05) is 54.6 Å². The summed E-state index contributed by atoms with van der Waals surface area (Å²) in [6.45, 7) is 0.497. The molecule has 186 valence electrons. The Hall–Kier alpha value is -4.06. The van der Waals surface area contributed by atoms with Crippen LogP contribution in [-0.4, -0.2) is 68.1 Å². The van der Waals surface area contributed by atoms with E-state index in [4.69, 9.17) is 19.4 Å². The van der Waals surface area contributed by atoms with Crippen LogP contribution in [0.4, 0.5) is 5.82 Å². The minimum atomic E-state index is -1.41. The average molecular weight is 491 g/mol. The fourth-order valence-corrected chi connectivity index (χ4v) is 4.15. The molecule has 36 heavy (non-hydrogen) atoms. The van der Waals surface area contributed by atoms with Crippen molar-refractivity contribution in [3.63, 3.8) is 0 Å². The van der Waals surface area contributed by atoms with E-state index in [1.165, 1.54) is 17.9 Å². The zero-order valence-corrected chi connectivity index (χ0v) is 19.7. The standard InChI is InChI=1S/C25H26N6O5/c1-26-24(34)20-18(32)19(33)25(36-20)31-13-28-17-22(27-12-14-7-4-3-5-8-14)29-21(30-23(17)31)15-9-6-10-16(11-15)35-2/h3-11,13,18-20,25,32-33H,12H2,1-2H3,(H,26,34)(H,27,29,30)/t18-,19-,20-,25-/m0/s1. The SMILES string of the molecule is CNC(=O)[C@H]1O[C@H](n2cnc3c(NCc4ccccc4)nc(-c4cccc(OC)c4)nc32)[C@@H](O)[C@@H]1O. The highest BCUT2D eigenvalue weighted by molar-refractivity contribution is 5.85. The monoisotopic (exact) mass is 490 g/mol. The first-order valence-corrected chi connectivity index (χ1v) is 11.4. The summed E-state index contributed by atoms with van der Waals surface area (Å²) in [4.78, 5) is 26.0. The lowest BCUT2D eigenvalue weighted by atomic mass is 10.1. The number of methoxy groups -OCH3 is 1. The molecule has 1 aliphatic heterocycles. The first-order chi connectivity index (χ1) is 17.5. The van der Waals surface area contributed by atoms with E-state index in [9.17, 15) is 15.0 Å². The Morgan fingerprint density at radius 3 is 2.67 bits per heavy atom. The molecule has 0 spiro atoms. The minimum Gasteiger partial charge on any atom is -0.497 e. The van der Waals surface area contributed by atoms with Crippen molar-refractivity contribution in [2.24, 2.45) is 0 Å². The summed E-state index contributed by atoms with van der Waals surface area (Å²) in [5.74, 6) is 0.992. The molecule has 2 aromatic heterocycles. The van der Waals surface area contributed by atoms with Gasteiger partial charge in [-0.1, -0.05) is 42.5 Å². The second-order valence-corrected chi connectivity index (χ2v) is 8.33. The number of imidazole rings is 1. The van der Waals surface area contributed by atoms with Crippen LogP contribution in [0.1, 0.15) is 11.8 Å². The third-order valence-electron chi connectivity index (χ3n) is 6.07. The fraction of sp³-hybridized carbons (Fsp3) is 0.280. The highest BCUT2D eigenvalue weighted by atomic mass is 16.6. The molecule has 0 radical (unpaired) electrons. The van der Waals surface area contributed by atoms with E-state index < -0.39 is 30.4 Å². The summed E-state index contributed by atoms with van der Waals surface area (Å²) < 4.78 is 12.6. The number of nitrogens with zero attached hydrogens (tertiary/aromatic N) is 4. The number of carbonyl (C=O) groups excluding carboxylic acids is 1. The molecular formula is C25H26N6O5. The number of fused-ring (bicyclic) bond motifs is 1. The molecule has 2 aromatic carbocycles. The summed E-state index contributed by atoms with van der Waals surface area (Å²) in [5.41, 5.74) is 2.58. The average Bonchev–Trinajstić information content (AvgIpc) is 3.48. The number of anilines is 1. The number of likely N-dealkylation sites (N-methyl/N-ethyl adjacent to an activating group) is 1. The lowest BCUT2D eigenvalue weighted by Gasteiger charge is -2.17. The van der Waals surface area contributed by atoms with Crippen LogP contribution in [-0.2, 0) is 16.1 Å². The molecule has 1 aliphatic rings. The Kier molecular flexibility index (Phi) is 6.51. The van der Waals surface area contributed by atoms with Gasteiger partial charge in [-0.2, -0.15) is 0 Å². The molecule has 3 heterocycles. The van der Waals surface area contributed by atoms with Crippen LogP contribution in [0.3, 0.4) is 0 Å². The normalized spacial score (nSPS) is 21.4. The number of ether oxygens (including phenoxy) is 2. The van der Waals surface area contributed by atoms with Gasteiger partial charge < -0.3 is 30.3 Å². The van der Waals surface area contributed by atoms with E-state index >= 15 is 0 Å². The van der Waals surface area contributed by atoms with Gasteiger partial charge in [0.2, 0.25) is 0 Å². The Morgan fingerprint density at radius 2 is 1.92 bits per heavy atom. The van der Waals surface area contributed by atoms with Gasteiger partial charge in [-0.25, -0.2) is 15.0 Å². The first kappa shape index (κ1) is 23.7. The van der Waals surface area contributed by atoms with Gasteiger partial charge in [0, 0.05) is 19.2 Å². The first-order valence-electron chi connectivity index (χ1n) is 11.4. The molecule has 4 N–H and O–H groups in total. The number of benzene rings is 2. The maximum Gasteiger partial charge on any atom is 0.251 e. The third-order valence-corrected chi connectivity index (χ3v) is 6.07. The van der Waals surface area contributed by atoms with Crippen LogP contribution in [0.5, 0.6) is 5.75 Å². The number of amides is 1. The zero-order valence-electron chi connectivity index (χ0n) is 19.7. The van der Waals surface area contributed by atoms with Crippen LogP contribution < -0.4 is 15.4 Å². The van der Waals surface area contributed by atoms with Crippen molar-refractivity contribution in [1.29, 1.82) is 0 Å². The Labute approximate surface area is 206 Å². The predicted molar refractivity (Wildman–Crippen MR) is 131 cm³/mol. The Morgan fingerprint density at radius 1 is 1.11 bits per heavy atom. The second-order valence-electron chi connectivity index (χ2n) is 8.33. The number of hydrogen-bond donors (Lipinski definition) is 4. The molecule has 1 fully saturated rings. The largest absolute Gasteiger partial charge is 0.497 e. The molecule has 4 aromatic rings. The molecule has 0 saturated carbocycles. The highest BCUT2D eigenvalue weighted by Gasteiger charge is 2.47. The zero-order chi connectivity index (χ0) is 25.2. The summed E-state index contributed by atoms with van der Waals surface area (Å²) >= 11 is 0. The van der Waals surface area contributed by atoms with Crippen molar-refractivity contribution >= 4 is 22.9 Å². The van der Waals surface area contributed by atoms with Gasteiger partial charge in [-0.3, -0.25) is 9.36 Å². The highest BCUT2D eigenvalue weighted by Crippen LogP contribution is 2.34. The topological polar surface area (TPSA) is 144 Å². The molecule has 1 amide bonds. The van der Waals surface area contributed by atoms with Crippen molar-refractivity contribution in [1.82, 2.24) is 24.8 Å². The van der Waals surface area contributed by atoms with Gasteiger partial charge in [0.1, 0.15) is 18.0 Å². The minimum absolute atomic E-state index is 0.368. The van der Waals surface area contributed by atoms with Crippen molar-refractivity contribution in [2.75, 3.05) is 19.5 Å². The van der Waals surface area contributed by atoms with Gasteiger partial charge in [-0.15, -0.1) is 0 Å².